The summed E-state index contributed by atoms with van der Waals surface area (Å²) in [6, 6.07) is 0. The lowest BCUT2D eigenvalue weighted by molar-refractivity contribution is 0.493. The van der Waals surface area contributed by atoms with Crippen LogP contribution in [0.5, 0.6) is 0 Å². The van der Waals surface area contributed by atoms with E-state index in [0.29, 0.717) is 0 Å². The van der Waals surface area contributed by atoms with E-state index in [0.717, 1.165) is 0 Å². The van der Waals surface area contributed by atoms with E-state index in [4.69, 9.17) is 4.55 Å². The van der Waals surface area contributed by atoms with Gasteiger partial charge in [0, 0.05) is 0 Å². The predicted molar refractivity (Wildman–Crippen MR) is 48.7 cm³/mol. The molecule has 0 fully saturated rings. The van der Waals surface area contributed by atoms with Crippen LogP contribution in [0.3, 0.4) is 0 Å². The second kappa shape index (κ2) is 3.08. The highest BCUT2D eigenvalue weighted by Crippen LogP contribution is 2.18. The van der Waals surface area contributed by atoms with Crippen molar-refractivity contribution in [2.75, 3.05) is 0 Å². The molecule has 0 saturated carbocycles. The highest BCUT2D eigenvalue weighted by Gasteiger charge is 2.28. The minimum Gasteiger partial charge on any atom is -0.282 e. The zero-order valence-electron chi connectivity index (χ0n) is 7.25. The Morgan fingerprint density at radius 3 is 1.73 bits per heavy atom. The molecule has 66 valence electrons. The average Bonchev–Trinajstić information content (AvgIpc) is 1.56. The molecule has 5 heteroatoms. The van der Waals surface area contributed by atoms with E-state index in [-0.39, 0.29) is 4.53 Å². The lowest BCUT2D eigenvalue weighted by Crippen LogP contribution is -2.29. The Labute approximate surface area is 68.9 Å². The molecule has 0 atom stereocenters. The molecule has 0 bridgehead atoms. The molecule has 0 amide bonds. The molecule has 0 heterocycles. The zero-order valence-corrected chi connectivity index (χ0v) is 9.07. The van der Waals surface area contributed by atoms with Crippen LogP contribution in [0.15, 0.2) is 10.6 Å². The summed E-state index contributed by atoms with van der Waals surface area (Å²) in [5.41, 5.74) is 0. The fourth-order valence-corrected chi connectivity index (χ4v) is 5.23. The van der Waals surface area contributed by atoms with E-state index in [2.05, 4.69) is 0 Å². The summed E-state index contributed by atoms with van der Waals surface area (Å²) < 4.78 is 30.4. The molecule has 0 rings (SSSR count). The Balaban J connectivity index is 5.07. The van der Waals surface area contributed by atoms with Crippen LogP contribution in [0.25, 0.3) is 0 Å². The van der Waals surface area contributed by atoms with Crippen LogP contribution in [0.1, 0.15) is 6.92 Å². The van der Waals surface area contributed by atoms with Crippen LogP contribution >= 0.6 is 0 Å². The molecule has 0 aliphatic carbocycles. The van der Waals surface area contributed by atoms with Gasteiger partial charge in [0.1, 0.15) is 0 Å². The Kier molecular flexibility index (Phi) is 3.04. The maximum Gasteiger partial charge on any atom is 0.286 e. The van der Waals surface area contributed by atoms with Gasteiger partial charge in [-0.25, -0.2) is 0 Å². The van der Waals surface area contributed by atoms with Crippen LogP contribution in [0.2, 0.25) is 19.6 Å². The second-order valence-corrected chi connectivity index (χ2v) is 10.2. The Hall–Kier alpha value is -0.133. The minimum absolute atomic E-state index is 0.199. The van der Waals surface area contributed by atoms with Gasteiger partial charge in [-0.15, -0.1) is 0 Å². The first-order valence-electron chi connectivity index (χ1n) is 3.34. The van der Waals surface area contributed by atoms with E-state index in [1.807, 2.05) is 19.6 Å². The highest BCUT2D eigenvalue weighted by molar-refractivity contribution is 7.92. The Morgan fingerprint density at radius 1 is 1.36 bits per heavy atom. The normalized spacial score (nSPS) is 15.2. The molecule has 0 unspecified atom stereocenters. The minimum atomic E-state index is -3.95. The molecule has 0 saturated heterocycles. The largest absolute Gasteiger partial charge is 0.286 e. The molecule has 0 aromatic heterocycles. The average molecular weight is 194 g/mol. The molecule has 0 aliphatic rings. The Morgan fingerprint density at radius 2 is 1.73 bits per heavy atom. The van der Waals surface area contributed by atoms with Crippen LogP contribution in [-0.4, -0.2) is 21.0 Å². The van der Waals surface area contributed by atoms with Gasteiger partial charge in [0.25, 0.3) is 10.1 Å². The van der Waals surface area contributed by atoms with E-state index in [1.54, 1.807) is 6.92 Å². The molecule has 0 spiro atoms. The van der Waals surface area contributed by atoms with Crippen LogP contribution < -0.4 is 0 Å². The molecule has 0 aromatic carbocycles. The zero-order chi connectivity index (χ0) is 9.28. The van der Waals surface area contributed by atoms with Crippen molar-refractivity contribution in [2.24, 2.45) is 0 Å². The van der Waals surface area contributed by atoms with Crippen LogP contribution in [0, 0.1) is 0 Å². The number of hydrogen-bond donors (Lipinski definition) is 1. The monoisotopic (exact) mass is 194 g/mol. The van der Waals surface area contributed by atoms with Crippen molar-refractivity contribution in [3.05, 3.63) is 10.6 Å². The van der Waals surface area contributed by atoms with Crippen molar-refractivity contribution < 1.29 is 13.0 Å². The molecule has 3 nitrogen and oxygen atoms in total. The lowest BCUT2D eigenvalue weighted by Gasteiger charge is -2.16. The topological polar surface area (TPSA) is 54.4 Å². The summed E-state index contributed by atoms with van der Waals surface area (Å²) >= 11 is 0. The fourth-order valence-electron chi connectivity index (χ4n) is 0.969. The summed E-state index contributed by atoms with van der Waals surface area (Å²) in [6.07, 6.45) is 1.47. The van der Waals surface area contributed by atoms with Gasteiger partial charge in [0.05, 0.1) is 12.6 Å². The maximum atomic E-state index is 10.7. The molecular weight excluding hydrogens is 180 g/mol. The summed E-state index contributed by atoms with van der Waals surface area (Å²) in [5.74, 6) is 0. The van der Waals surface area contributed by atoms with E-state index < -0.39 is 18.2 Å². The summed E-state index contributed by atoms with van der Waals surface area (Å²) in [4.78, 5) is 0. The predicted octanol–water partition coefficient (Wildman–Crippen LogP) is 1.66. The van der Waals surface area contributed by atoms with Crippen molar-refractivity contribution in [1.29, 1.82) is 0 Å². The number of rotatable bonds is 2. The molecule has 0 aliphatic heterocycles. The molecule has 0 radical (unpaired) electrons. The number of hydrogen-bond acceptors (Lipinski definition) is 2. The van der Waals surface area contributed by atoms with Gasteiger partial charge in [0.15, 0.2) is 0 Å². The van der Waals surface area contributed by atoms with Gasteiger partial charge in [0.2, 0.25) is 0 Å². The van der Waals surface area contributed by atoms with Crippen LogP contribution in [0.4, 0.5) is 0 Å². The third kappa shape index (κ3) is 3.18. The van der Waals surface area contributed by atoms with Gasteiger partial charge in [-0.2, -0.15) is 8.42 Å². The summed E-state index contributed by atoms with van der Waals surface area (Å²) in [7, 11) is -5.85. The van der Waals surface area contributed by atoms with Gasteiger partial charge in [-0.3, -0.25) is 4.55 Å². The smallest absolute Gasteiger partial charge is 0.282 e. The standard InChI is InChI=1S/C6H14O3SSi/c1-5-6(10(7,8)9)11(2,3)4/h5H,1-4H3,(H,7,8,9)/b6-5-. The van der Waals surface area contributed by atoms with Crippen molar-refractivity contribution in [3.63, 3.8) is 0 Å². The highest BCUT2D eigenvalue weighted by atomic mass is 32.2. The first-order valence-corrected chi connectivity index (χ1v) is 8.28. The quantitative estimate of drug-likeness (QED) is 0.537. The van der Waals surface area contributed by atoms with Gasteiger partial charge >= 0.3 is 0 Å². The SMILES string of the molecule is C/C=C(\[Si](C)(C)C)S(=O)(=O)O. The van der Waals surface area contributed by atoms with E-state index in [1.165, 1.54) is 6.08 Å². The Bertz CT molecular complexity index is 258. The second-order valence-electron chi connectivity index (χ2n) is 3.38. The van der Waals surface area contributed by atoms with Gasteiger partial charge in [-0.05, 0) is 6.92 Å². The van der Waals surface area contributed by atoms with Gasteiger partial charge in [-0.1, -0.05) is 25.7 Å². The van der Waals surface area contributed by atoms with Crippen molar-refractivity contribution in [2.45, 2.75) is 26.6 Å². The van der Waals surface area contributed by atoms with Crippen molar-refractivity contribution in [3.8, 4) is 0 Å². The summed E-state index contributed by atoms with van der Waals surface area (Å²) in [5, 5.41) is 0. The molecular formula is C6H14O3SSi. The lowest BCUT2D eigenvalue weighted by atomic mass is 10.8. The van der Waals surface area contributed by atoms with Crippen molar-refractivity contribution >= 4 is 18.2 Å². The molecule has 1 N–H and O–H groups in total. The van der Waals surface area contributed by atoms with E-state index >= 15 is 0 Å². The van der Waals surface area contributed by atoms with E-state index in [9.17, 15) is 8.42 Å². The van der Waals surface area contributed by atoms with Crippen LogP contribution in [-0.2, 0) is 10.1 Å². The van der Waals surface area contributed by atoms with Crippen molar-refractivity contribution in [1.82, 2.24) is 0 Å². The fraction of sp³-hybridized carbons (Fsp3) is 0.667. The molecule has 11 heavy (non-hydrogen) atoms. The summed E-state index contributed by atoms with van der Waals surface area (Å²) in [6.45, 7) is 7.24. The third-order valence-electron chi connectivity index (χ3n) is 1.28. The maximum absolute atomic E-state index is 10.7. The third-order valence-corrected chi connectivity index (χ3v) is 6.45. The first kappa shape index (κ1) is 10.9. The molecule has 0 aromatic rings. The number of allylic oxidation sites excluding steroid dienone is 1. The first-order chi connectivity index (χ1) is 4.69. The van der Waals surface area contributed by atoms with Gasteiger partial charge < -0.3 is 0 Å².